The molecule has 0 aromatic carbocycles. The molecule has 0 aromatic heterocycles. The summed E-state index contributed by atoms with van der Waals surface area (Å²) in [5.41, 5.74) is -0.268. The fourth-order valence-electron chi connectivity index (χ4n) is 8.72. The van der Waals surface area contributed by atoms with Crippen LogP contribution in [0.3, 0.4) is 0 Å². The number of rotatable bonds is 6. The highest BCUT2D eigenvalue weighted by Gasteiger charge is 2.65. The third-order valence-corrected chi connectivity index (χ3v) is 10.9. The summed E-state index contributed by atoms with van der Waals surface area (Å²) in [5, 5.41) is 22.8. The molecule has 184 valence electrons. The van der Waals surface area contributed by atoms with E-state index in [4.69, 9.17) is 4.55 Å². The van der Waals surface area contributed by atoms with Gasteiger partial charge >= 0.3 is 10.4 Å². The van der Waals surface area contributed by atoms with Crippen molar-refractivity contribution in [3.05, 3.63) is 0 Å². The average Bonchev–Trinajstić information content (AvgIpc) is 3.05. The number of carbonyl (C=O) groups excluding carboxylic acids is 1. The van der Waals surface area contributed by atoms with Gasteiger partial charge in [0.15, 0.2) is 0 Å². The van der Waals surface area contributed by atoms with Gasteiger partial charge in [-0.3, -0.25) is 9.35 Å². The molecule has 4 aliphatic rings. The first-order valence-corrected chi connectivity index (χ1v) is 13.7. The minimum absolute atomic E-state index is 0.0109. The van der Waals surface area contributed by atoms with Crippen LogP contribution in [-0.4, -0.2) is 47.8 Å². The van der Waals surface area contributed by atoms with Gasteiger partial charge in [-0.15, -0.1) is 0 Å². The first kappa shape index (κ1) is 24.6. The second-order valence-corrected chi connectivity index (χ2v) is 12.8. The van der Waals surface area contributed by atoms with Crippen LogP contribution in [0.4, 0.5) is 0 Å². The van der Waals surface area contributed by atoms with Crippen molar-refractivity contribution in [2.24, 2.45) is 46.3 Å². The summed E-state index contributed by atoms with van der Waals surface area (Å²) in [6, 6.07) is 0. The molecule has 32 heavy (non-hydrogen) atoms. The molecule has 0 aliphatic heterocycles. The molecule has 3 N–H and O–H groups in total. The van der Waals surface area contributed by atoms with Crippen molar-refractivity contribution in [2.75, 3.05) is 6.61 Å². The monoisotopic (exact) mass is 472 g/mol. The van der Waals surface area contributed by atoms with Crippen LogP contribution in [0.1, 0.15) is 78.6 Å². The summed E-state index contributed by atoms with van der Waals surface area (Å²) >= 11 is 0. The second kappa shape index (κ2) is 8.59. The van der Waals surface area contributed by atoms with E-state index < -0.39 is 22.6 Å². The second-order valence-electron chi connectivity index (χ2n) is 11.7. The van der Waals surface area contributed by atoms with E-state index in [0.717, 1.165) is 25.7 Å². The van der Waals surface area contributed by atoms with Gasteiger partial charge < -0.3 is 10.2 Å². The van der Waals surface area contributed by atoms with Crippen molar-refractivity contribution < 1.29 is 32.2 Å². The Hall–Kier alpha value is -0.540. The van der Waals surface area contributed by atoms with E-state index in [0.29, 0.717) is 43.8 Å². The van der Waals surface area contributed by atoms with Gasteiger partial charge in [0.2, 0.25) is 0 Å². The Bertz CT molecular complexity index is 828. The molecule has 0 radical (unpaired) electrons. The summed E-state index contributed by atoms with van der Waals surface area (Å²) in [7, 11) is -4.41. The lowest BCUT2D eigenvalue weighted by Crippen LogP contribution is -2.62. The number of hydrogen-bond acceptors (Lipinski definition) is 6. The quantitative estimate of drug-likeness (QED) is 0.400. The molecule has 0 aromatic rings. The van der Waals surface area contributed by atoms with Gasteiger partial charge in [-0.25, -0.2) is 4.18 Å². The van der Waals surface area contributed by atoms with E-state index in [1.54, 1.807) is 0 Å². The molecule has 4 saturated carbocycles. The molecular weight excluding hydrogens is 432 g/mol. The third-order valence-electron chi connectivity index (χ3n) is 10.4. The lowest BCUT2D eigenvalue weighted by Gasteiger charge is -2.63. The predicted molar refractivity (Wildman–Crippen MR) is 119 cm³/mol. The zero-order valence-electron chi connectivity index (χ0n) is 19.6. The van der Waals surface area contributed by atoms with Crippen LogP contribution in [0.25, 0.3) is 0 Å². The van der Waals surface area contributed by atoms with E-state index in [1.165, 1.54) is 0 Å². The number of Topliss-reactive ketones (excluding diaryl/α,β-unsaturated/α-hetero) is 1. The smallest absolute Gasteiger partial charge is 0.393 e. The largest absolute Gasteiger partial charge is 0.397 e. The summed E-state index contributed by atoms with van der Waals surface area (Å²) in [4.78, 5) is 12.1. The molecule has 0 spiro atoms. The fourth-order valence-corrected chi connectivity index (χ4v) is 9.04. The molecular formula is C24H40O7S. The van der Waals surface area contributed by atoms with Gasteiger partial charge in [0.25, 0.3) is 0 Å². The van der Waals surface area contributed by atoms with Crippen molar-refractivity contribution in [3.63, 3.8) is 0 Å². The first-order chi connectivity index (χ1) is 14.9. The maximum absolute atomic E-state index is 12.1. The van der Waals surface area contributed by atoms with Crippen molar-refractivity contribution in [3.8, 4) is 0 Å². The molecule has 4 rings (SSSR count). The summed E-state index contributed by atoms with van der Waals surface area (Å²) in [6.45, 7) is 6.62. The van der Waals surface area contributed by atoms with Crippen molar-refractivity contribution in [1.29, 1.82) is 0 Å². The van der Waals surface area contributed by atoms with E-state index in [2.05, 4.69) is 25.0 Å². The van der Waals surface area contributed by atoms with Crippen LogP contribution in [0, 0.1) is 46.3 Å². The highest BCUT2D eigenvalue weighted by molar-refractivity contribution is 7.80. The fraction of sp³-hybridized carbons (Fsp3) is 0.958. The maximum Gasteiger partial charge on any atom is 0.397 e. The lowest BCUT2D eigenvalue weighted by atomic mass is 9.43. The molecule has 10 atom stereocenters. The molecule has 4 aliphatic carbocycles. The number of aliphatic hydroxyl groups is 2. The Labute approximate surface area is 192 Å². The van der Waals surface area contributed by atoms with Crippen LogP contribution < -0.4 is 0 Å². The molecule has 7 nitrogen and oxygen atoms in total. The average molecular weight is 473 g/mol. The minimum Gasteiger partial charge on any atom is -0.393 e. The summed E-state index contributed by atoms with van der Waals surface area (Å²) < 4.78 is 34.8. The van der Waals surface area contributed by atoms with E-state index in [-0.39, 0.29) is 47.0 Å². The third kappa shape index (κ3) is 4.08. The van der Waals surface area contributed by atoms with Crippen LogP contribution in [0.2, 0.25) is 0 Å². The van der Waals surface area contributed by atoms with Gasteiger partial charge in [-0.05, 0) is 91.3 Å². The van der Waals surface area contributed by atoms with E-state index in [9.17, 15) is 23.4 Å². The molecule has 0 amide bonds. The van der Waals surface area contributed by atoms with Crippen LogP contribution in [-0.2, 0) is 19.4 Å². The minimum atomic E-state index is -4.41. The zero-order chi connectivity index (χ0) is 23.5. The zero-order valence-corrected chi connectivity index (χ0v) is 20.4. The Morgan fingerprint density at radius 3 is 2.56 bits per heavy atom. The predicted octanol–water partition coefficient (Wildman–Crippen LogP) is 3.39. The number of ketones is 1. The highest BCUT2D eigenvalue weighted by atomic mass is 32.3. The molecule has 0 saturated heterocycles. The summed E-state index contributed by atoms with van der Waals surface area (Å²) in [6.07, 6.45) is 5.84. The number of fused-ring (bicyclic) bond motifs is 5. The van der Waals surface area contributed by atoms with Gasteiger partial charge in [-0.1, -0.05) is 20.8 Å². The maximum atomic E-state index is 12.1. The van der Waals surface area contributed by atoms with Crippen molar-refractivity contribution >= 4 is 16.2 Å². The normalized spacial score (nSPS) is 47.4. The SMILES string of the molecule is C[C@@H](CCCOS(=O)(=O)O)[C@H]1CC[C@H]2[C@H]3C(C[C@H](O)[C@]12C)[C@@]1(C)CCC(=O)C[C@@H]1C[C@H]3O. The molecule has 8 heteroatoms. The standard InChI is InChI=1S/C24H40O7S/c1-14(5-4-10-31-32(28,29)30)17-6-7-18-22-19(13-21(27)24(17,18)3)23(2)9-8-16(25)11-15(23)12-20(22)26/h14-15,17-22,26-27H,4-13H2,1-3H3,(H,28,29,30)/t14-,15+,17+,18-,19?,20+,21-,22-,23-,24+/m0/s1. The topological polar surface area (TPSA) is 121 Å². The molecule has 0 heterocycles. The van der Waals surface area contributed by atoms with Crippen molar-refractivity contribution in [1.82, 2.24) is 0 Å². The molecule has 1 unspecified atom stereocenters. The van der Waals surface area contributed by atoms with E-state index >= 15 is 0 Å². The Morgan fingerprint density at radius 1 is 1.16 bits per heavy atom. The Kier molecular flexibility index (Phi) is 6.60. The van der Waals surface area contributed by atoms with Crippen LogP contribution in [0.5, 0.6) is 0 Å². The van der Waals surface area contributed by atoms with Crippen LogP contribution in [0.15, 0.2) is 0 Å². The van der Waals surface area contributed by atoms with Gasteiger partial charge in [0, 0.05) is 12.8 Å². The van der Waals surface area contributed by atoms with Gasteiger partial charge in [0.1, 0.15) is 5.78 Å². The van der Waals surface area contributed by atoms with Crippen molar-refractivity contribution in [2.45, 2.75) is 90.8 Å². The highest BCUT2D eigenvalue weighted by Crippen LogP contribution is 2.68. The Morgan fingerprint density at radius 2 is 1.88 bits per heavy atom. The first-order valence-electron chi connectivity index (χ1n) is 12.4. The number of hydrogen-bond donors (Lipinski definition) is 3. The lowest BCUT2D eigenvalue weighted by molar-refractivity contribution is -0.201. The van der Waals surface area contributed by atoms with E-state index in [1.807, 2.05) is 0 Å². The van der Waals surface area contributed by atoms with Gasteiger partial charge in [-0.2, -0.15) is 8.42 Å². The van der Waals surface area contributed by atoms with Crippen LogP contribution >= 0.6 is 0 Å². The van der Waals surface area contributed by atoms with Gasteiger partial charge in [0.05, 0.1) is 18.8 Å². The Balaban J connectivity index is 1.51. The molecule has 4 fully saturated rings. The number of aliphatic hydroxyl groups excluding tert-OH is 2. The summed E-state index contributed by atoms with van der Waals surface area (Å²) in [5.74, 6) is 1.76. The molecule has 0 bridgehead atoms. The number of carbonyl (C=O) groups is 1.